The Labute approximate surface area is 77.6 Å². The van der Waals surface area contributed by atoms with Gasteiger partial charge in [0.25, 0.3) is 0 Å². The summed E-state index contributed by atoms with van der Waals surface area (Å²) < 4.78 is -1.59. The van der Waals surface area contributed by atoms with Gasteiger partial charge in [0.05, 0.1) is 0 Å². The second-order valence-electron chi connectivity index (χ2n) is 1.74. The molecular weight excluding hydrogens is 210 g/mol. The van der Waals surface area contributed by atoms with Gasteiger partial charge in [-0.05, 0) is 5.21 Å². The third-order valence-corrected chi connectivity index (χ3v) is 1.47. The lowest BCUT2D eigenvalue weighted by Gasteiger charge is -2.07. The van der Waals surface area contributed by atoms with E-state index in [1.54, 1.807) is 0 Å². The smallest absolute Gasteiger partial charge is 0.234 e. The number of rotatable bonds is 0. The Morgan fingerprint density at radius 1 is 1.27 bits per heavy atom. The lowest BCUT2D eigenvalue weighted by molar-refractivity contribution is 0.826. The number of nitrogens with zero attached hydrogens (tertiary/aromatic N) is 3. The molecule has 0 aliphatic rings. The number of halogens is 3. The van der Waals surface area contributed by atoms with Gasteiger partial charge in [0, 0.05) is 6.07 Å². The van der Waals surface area contributed by atoms with Gasteiger partial charge in [-0.25, -0.2) is 0 Å². The van der Waals surface area contributed by atoms with Gasteiger partial charge in [-0.2, -0.15) is 0 Å². The van der Waals surface area contributed by atoms with Crippen molar-refractivity contribution in [1.82, 2.24) is 15.4 Å². The van der Waals surface area contributed by atoms with E-state index in [0.717, 1.165) is 0 Å². The fourth-order valence-corrected chi connectivity index (χ4v) is 0.736. The summed E-state index contributed by atoms with van der Waals surface area (Å²) in [7, 11) is 0. The largest absolute Gasteiger partial charge is 0.382 e. The normalized spacial score (nSPS) is 11.5. The molecule has 0 radical (unpaired) electrons. The van der Waals surface area contributed by atoms with Gasteiger partial charge in [0.15, 0.2) is 0 Å². The topological polar surface area (TPSA) is 64.7 Å². The summed E-state index contributed by atoms with van der Waals surface area (Å²) in [5.74, 6) is 0.168. The van der Waals surface area contributed by atoms with Crippen molar-refractivity contribution < 1.29 is 0 Å². The third kappa shape index (κ3) is 2.32. The molecule has 7 heteroatoms. The number of nitrogens with two attached hydrogens (primary N) is 1. The van der Waals surface area contributed by atoms with Crippen molar-refractivity contribution in [2.75, 3.05) is 5.73 Å². The molecule has 0 spiro atoms. The van der Waals surface area contributed by atoms with E-state index in [2.05, 4.69) is 15.4 Å². The van der Waals surface area contributed by atoms with Crippen LogP contribution in [0.2, 0.25) is 0 Å². The highest BCUT2D eigenvalue weighted by atomic mass is 35.6. The van der Waals surface area contributed by atoms with Crippen LogP contribution in [-0.4, -0.2) is 15.4 Å². The van der Waals surface area contributed by atoms with E-state index in [1.165, 1.54) is 6.07 Å². The fourth-order valence-electron chi connectivity index (χ4n) is 0.459. The van der Waals surface area contributed by atoms with Crippen LogP contribution in [0.1, 0.15) is 5.69 Å². The van der Waals surface area contributed by atoms with Crippen LogP contribution in [0, 0.1) is 0 Å². The summed E-state index contributed by atoms with van der Waals surface area (Å²) in [5, 5.41) is 10.1. The molecule has 60 valence electrons. The Kier molecular flexibility index (Phi) is 2.37. The predicted molar refractivity (Wildman–Crippen MR) is 43.5 cm³/mol. The SMILES string of the molecule is Nc1cc(C(Cl)(Cl)Cl)nnn1. The molecule has 0 saturated carbocycles. The van der Waals surface area contributed by atoms with Crippen molar-refractivity contribution in [2.24, 2.45) is 0 Å². The molecule has 1 aromatic rings. The van der Waals surface area contributed by atoms with Gasteiger partial charge in [-0.1, -0.05) is 34.8 Å². The molecule has 4 nitrogen and oxygen atoms in total. The maximum Gasteiger partial charge on any atom is 0.234 e. The van der Waals surface area contributed by atoms with Crippen molar-refractivity contribution in [3.63, 3.8) is 0 Å². The molecule has 1 rings (SSSR count). The zero-order valence-electron chi connectivity index (χ0n) is 5.13. The average molecular weight is 213 g/mol. The summed E-state index contributed by atoms with van der Waals surface area (Å²) in [6.07, 6.45) is 0. The van der Waals surface area contributed by atoms with Crippen molar-refractivity contribution in [3.05, 3.63) is 11.8 Å². The maximum atomic E-state index is 5.48. The molecule has 0 atom stereocenters. The Morgan fingerprint density at radius 3 is 2.27 bits per heavy atom. The number of nitrogen functional groups attached to an aromatic ring is 1. The highest BCUT2D eigenvalue weighted by molar-refractivity contribution is 6.66. The van der Waals surface area contributed by atoms with Crippen molar-refractivity contribution in [2.45, 2.75) is 3.79 Å². The van der Waals surface area contributed by atoms with Gasteiger partial charge >= 0.3 is 0 Å². The second-order valence-corrected chi connectivity index (χ2v) is 4.02. The predicted octanol–water partition coefficient (Wildman–Crippen LogP) is 1.28. The van der Waals surface area contributed by atoms with E-state index < -0.39 is 3.79 Å². The van der Waals surface area contributed by atoms with E-state index in [-0.39, 0.29) is 11.5 Å². The molecule has 2 N–H and O–H groups in total. The minimum Gasteiger partial charge on any atom is -0.382 e. The average Bonchev–Trinajstić information content (AvgIpc) is 1.86. The highest BCUT2D eigenvalue weighted by Crippen LogP contribution is 2.36. The molecule has 0 amide bonds. The lowest BCUT2D eigenvalue weighted by atomic mass is 10.4. The van der Waals surface area contributed by atoms with Crippen LogP contribution >= 0.6 is 34.8 Å². The van der Waals surface area contributed by atoms with E-state index >= 15 is 0 Å². The van der Waals surface area contributed by atoms with Crippen LogP contribution in [0.5, 0.6) is 0 Å². The molecule has 11 heavy (non-hydrogen) atoms. The molecule has 0 fully saturated rings. The van der Waals surface area contributed by atoms with E-state index in [9.17, 15) is 0 Å². The number of aromatic nitrogens is 3. The zero-order valence-corrected chi connectivity index (χ0v) is 7.40. The third-order valence-electron chi connectivity index (χ3n) is 0.888. The van der Waals surface area contributed by atoms with Gasteiger partial charge < -0.3 is 5.73 Å². The Balaban J connectivity index is 3.06. The van der Waals surface area contributed by atoms with Crippen LogP contribution in [0.25, 0.3) is 0 Å². The quantitative estimate of drug-likeness (QED) is 0.660. The number of anilines is 1. The summed E-state index contributed by atoms with van der Waals surface area (Å²) in [4.78, 5) is 0. The Morgan fingerprint density at radius 2 is 1.91 bits per heavy atom. The molecule has 0 aliphatic carbocycles. The number of hydrogen-bond acceptors (Lipinski definition) is 4. The minimum absolute atomic E-state index is 0.162. The number of hydrogen-bond donors (Lipinski definition) is 1. The fraction of sp³-hybridized carbons (Fsp3) is 0.250. The first-order valence-corrected chi connectivity index (χ1v) is 3.66. The van der Waals surface area contributed by atoms with Crippen LogP contribution < -0.4 is 5.73 Å². The standard InChI is InChI=1S/C4H3Cl3N4/c5-4(6,7)2-1-3(8)10-11-9-2/h1H,(H2,8,9,10). The van der Waals surface area contributed by atoms with E-state index in [4.69, 9.17) is 40.5 Å². The first-order valence-electron chi connectivity index (χ1n) is 2.53. The van der Waals surface area contributed by atoms with Gasteiger partial charge in [-0.3, -0.25) is 0 Å². The Bertz CT molecular complexity index is 258. The molecule has 1 heterocycles. The van der Waals surface area contributed by atoms with Crippen molar-refractivity contribution >= 4 is 40.6 Å². The van der Waals surface area contributed by atoms with Crippen LogP contribution in [-0.2, 0) is 3.79 Å². The van der Waals surface area contributed by atoms with Crippen LogP contribution in [0.4, 0.5) is 5.82 Å². The highest BCUT2D eigenvalue weighted by Gasteiger charge is 2.25. The second kappa shape index (κ2) is 2.97. The van der Waals surface area contributed by atoms with E-state index in [1.807, 2.05) is 0 Å². The first kappa shape index (κ1) is 8.77. The first-order chi connectivity index (χ1) is 5.00. The molecule has 0 unspecified atom stereocenters. The van der Waals surface area contributed by atoms with Crippen molar-refractivity contribution in [1.29, 1.82) is 0 Å². The van der Waals surface area contributed by atoms with E-state index in [0.29, 0.717) is 0 Å². The van der Waals surface area contributed by atoms with Crippen LogP contribution in [0.15, 0.2) is 6.07 Å². The molecule has 0 aliphatic heterocycles. The van der Waals surface area contributed by atoms with Crippen molar-refractivity contribution in [3.8, 4) is 0 Å². The Hall–Kier alpha value is -0.320. The summed E-state index contributed by atoms with van der Waals surface area (Å²) in [5.41, 5.74) is 5.43. The number of alkyl halides is 3. The summed E-state index contributed by atoms with van der Waals surface area (Å²) in [6.45, 7) is 0. The maximum absolute atomic E-state index is 5.48. The lowest BCUT2D eigenvalue weighted by Crippen LogP contribution is -2.07. The molecule has 0 aromatic carbocycles. The molecular formula is C4H3Cl3N4. The summed E-state index contributed by atoms with van der Waals surface area (Å²) in [6, 6.07) is 1.35. The molecule has 0 bridgehead atoms. The molecule has 1 aromatic heterocycles. The van der Waals surface area contributed by atoms with Crippen LogP contribution in [0.3, 0.4) is 0 Å². The summed E-state index contributed by atoms with van der Waals surface area (Å²) >= 11 is 16.4. The van der Waals surface area contributed by atoms with Gasteiger partial charge in [0.2, 0.25) is 3.79 Å². The molecule has 0 saturated heterocycles. The van der Waals surface area contributed by atoms with Gasteiger partial charge in [-0.15, -0.1) is 10.2 Å². The monoisotopic (exact) mass is 212 g/mol. The minimum atomic E-state index is -1.59. The zero-order chi connectivity index (χ0) is 8.48. The van der Waals surface area contributed by atoms with Gasteiger partial charge in [0.1, 0.15) is 11.5 Å².